The Morgan fingerprint density at radius 1 is 1.20 bits per heavy atom. The van der Waals surface area contributed by atoms with Gasteiger partial charge in [0.05, 0.1) is 18.7 Å². The van der Waals surface area contributed by atoms with Gasteiger partial charge in [-0.05, 0) is 24.1 Å². The van der Waals surface area contributed by atoms with Gasteiger partial charge in [-0.25, -0.2) is 0 Å². The van der Waals surface area contributed by atoms with Crippen molar-refractivity contribution < 1.29 is 19.5 Å². The van der Waals surface area contributed by atoms with E-state index in [1.165, 1.54) is 17.7 Å². The summed E-state index contributed by atoms with van der Waals surface area (Å²) in [6.45, 7) is 4.58. The SMILES string of the molecule is Cc1cc([O-])c(C[NH+]2CCCC2)c2c1C(=O)/C(=C/c1ccccc1)O2. The summed E-state index contributed by atoms with van der Waals surface area (Å²) in [7, 11) is 0. The average Bonchev–Trinajstić information content (AvgIpc) is 3.21. The van der Waals surface area contributed by atoms with Crippen molar-refractivity contribution in [2.75, 3.05) is 13.1 Å². The normalized spacial score (nSPS) is 18.6. The monoisotopic (exact) mass is 335 g/mol. The van der Waals surface area contributed by atoms with Crippen LogP contribution in [0.25, 0.3) is 6.08 Å². The quantitative estimate of drug-likeness (QED) is 0.871. The number of rotatable bonds is 3. The number of ketones is 1. The number of fused-ring (bicyclic) bond motifs is 1. The predicted molar refractivity (Wildman–Crippen MR) is 93.6 cm³/mol. The zero-order valence-corrected chi connectivity index (χ0v) is 14.3. The van der Waals surface area contributed by atoms with Crippen LogP contribution in [0.2, 0.25) is 0 Å². The number of Topliss-reactive ketones (excluding diaryl/α,β-unsaturated/α-hetero) is 1. The standard InChI is InChI=1S/C21H21NO3/c1-14-11-17(23)16(13-22-9-5-6-10-22)21-19(14)20(24)18(25-21)12-15-7-3-2-4-8-15/h2-4,7-8,11-12,23H,5-6,9-10,13H2,1H3/b18-12-. The highest BCUT2D eigenvalue weighted by Crippen LogP contribution is 2.40. The second-order valence-corrected chi connectivity index (χ2v) is 6.86. The van der Waals surface area contributed by atoms with Crippen LogP contribution >= 0.6 is 0 Å². The highest BCUT2D eigenvalue weighted by molar-refractivity contribution is 6.15. The molecule has 0 aliphatic carbocycles. The molecule has 2 aromatic rings. The minimum absolute atomic E-state index is 0.0237. The van der Waals surface area contributed by atoms with Crippen molar-refractivity contribution in [1.29, 1.82) is 0 Å². The molecule has 0 saturated carbocycles. The highest BCUT2D eigenvalue weighted by atomic mass is 16.5. The molecule has 1 fully saturated rings. The first-order valence-electron chi connectivity index (χ1n) is 8.80. The molecule has 1 saturated heterocycles. The van der Waals surface area contributed by atoms with Crippen molar-refractivity contribution in [1.82, 2.24) is 0 Å². The van der Waals surface area contributed by atoms with E-state index in [0.29, 0.717) is 34.7 Å². The summed E-state index contributed by atoms with van der Waals surface area (Å²) >= 11 is 0. The maximum absolute atomic E-state index is 12.8. The molecular weight excluding hydrogens is 314 g/mol. The molecular formula is C21H21NO3. The topological polar surface area (TPSA) is 53.8 Å². The summed E-state index contributed by atoms with van der Waals surface area (Å²) in [6.07, 6.45) is 4.13. The van der Waals surface area contributed by atoms with Gasteiger partial charge in [-0.1, -0.05) is 42.1 Å². The Morgan fingerprint density at radius 2 is 1.92 bits per heavy atom. The number of benzene rings is 2. The molecule has 2 aliphatic rings. The Kier molecular flexibility index (Phi) is 4.06. The molecule has 0 radical (unpaired) electrons. The molecule has 4 heteroatoms. The number of quaternary nitrogens is 1. The number of hydrogen-bond acceptors (Lipinski definition) is 3. The van der Waals surface area contributed by atoms with E-state index in [-0.39, 0.29) is 11.5 Å². The van der Waals surface area contributed by atoms with Crippen LogP contribution < -0.4 is 14.7 Å². The number of carbonyl (C=O) groups excluding carboxylic acids is 1. The van der Waals surface area contributed by atoms with Crippen LogP contribution in [0.4, 0.5) is 0 Å². The lowest BCUT2D eigenvalue weighted by molar-refractivity contribution is -0.901. The van der Waals surface area contributed by atoms with E-state index < -0.39 is 0 Å². The third kappa shape index (κ3) is 2.94. The van der Waals surface area contributed by atoms with Gasteiger partial charge >= 0.3 is 0 Å². The molecule has 2 aliphatic heterocycles. The van der Waals surface area contributed by atoms with Crippen molar-refractivity contribution in [3.05, 3.63) is 64.4 Å². The van der Waals surface area contributed by atoms with Gasteiger partial charge < -0.3 is 14.7 Å². The molecule has 2 heterocycles. The van der Waals surface area contributed by atoms with Crippen LogP contribution in [0.5, 0.6) is 11.5 Å². The maximum Gasteiger partial charge on any atom is 0.232 e. The van der Waals surface area contributed by atoms with E-state index in [2.05, 4.69) is 0 Å². The van der Waals surface area contributed by atoms with Gasteiger partial charge in [-0.3, -0.25) is 4.79 Å². The van der Waals surface area contributed by atoms with Crippen molar-refractivity contribution in [3.63, 3.8) is 0 Å². The number of hydrogen-bond donors (Lipinski definition) is 1. The first kappa shape index (κ1) is 15.9. The minimum atomic E-state index is -0.131. The highest BCUT2D eigenvalue weighted by Gasteiger charge is 2.33. The summed E-state index contributed by atoms with van der Waals surface area (Å²) in [5.41, 5.74) is 2.80. The van der Waals surface area contributed by atoms with Crippen LogP contribution in [0, 0.1) is 6.92 Å². The van der Waals surface area contributed by atoms with Crippen LogP contribution in [-0.2, 0) is 6.54 Å². The average molecular weight is 335 g/mol. The Morgan fingerprint density at radius 3 is 2.64 bits per heavy atom. The van der Waals surface area contributed by atoms with Gasteiger partial charge in [0.2, 0.25) is 5.78 Å². The number of aryl methyl sites for hydroxylation is 1. The smallest absolute Gasteiger partial charge is 0.232 e. The molecule has 0 atom stereocenters. The van der Waals surface area contributed by atoms with E-state index in [4.69, 9.17) is 4.74 Å². The molecule has 0 aromatic heterocycles. The van der Waals surface area contributed by atoms with Gasteiger partial charge in [-0.15, -0.1) is 0 Å². The lowest BCUT2D eigenvalue weighted by Gasteiger charge is -2.20. The van der Waals surface area contributed by atoms with Crippen molar-refractivity contribution in [2.45, 2.75) is 26.3 Å². The molecule has 0 unspecified atom stereocenters. The number of carbonyl (C=O) groups is 1. The molecule has 25 heavy (non-hydrogen) atoms. The van der Waals surface area contributed by atoms with E-state index in [1.807, 2.05) is 30.3 Å². The maximum atomic E-state index is 12.8. The minimum Gasteiger partial charge on any atom is -0.872 e. The lowest BCUT2D eigenvalue weighted by Crippen LogP contribution is -3.08. The molecule has 0 amide bonds. The molecule has 0 bridgehead atoms. The van der Waals surface area contributed by atoms with Crippen molar-refractivity contribution in [3.8, 4) is 11.5 Å². The number of likely N-dealkylation sites (tertiary alicyclic amines) is 1. The number of ether oxygens (including phenoxy) is 1. The molecule has 128 valence electrons. The zero-order valence-electron chi connectivity index (χ0n) is 14.3. The van der Waals surface area contributed by atoms with Crippen molar-refractivity contribution in [2.24, 2.45) is 0 Å². The lowest BCUT2D eigenvalue weighted by atomic mass is 9.99. The van der Waals surface area contributed by atoms with Crippen molar-refractivity contribution >= 4 is 11.9 Å². The van der Waals surface area contributed by atoms with Crippen LogP contribution in [0.1, 0.15) is 39.9 Å². The van der Waals surface area contributed by atoms with Gasteiger partial charge in [0, 0.05) is 18.4 Å². The molecule has 0 spiro atoms. The molecule has 4 nitrogen and oxygen atoms in total. The third-order valence-electron chi connectivity index (χ3n) is 5.04. The summed E-state index contributed by atoms with van der Waals surface area (Å²) < 4.78 is 5.92. The molecule has 1 N–H and O–H groups in total. The fourth-order valence-corrected chi connectivity index (χ4v) is 3.74. The first-order chi connectivity index (χ1) is 12.1. The Bertz CT molecular complexity index is 849. The Balaban J connectivity index is 1.73. The molecule has 2 aromatic carbocycles. The fourth-order valence-electron chi connectivity index (χ4n) is 3.74. The second kappa shape index (κ2) is 6.37. The van der Waals surface area contributed by atoms with Gasteiger partial charge in [0.1, 0.15) is 12.3 Å². The molecule has 4 rings (SSSR count). The summed E-state index contributed by atoms with van der Waals surface area (Å²) in [6, 6.07) is 11.2. The third-order valence-corrected chi connectivity index (χ3v) is 5.04. The summed E-state index contributed by atoms with van der Waals surface area (Å²) in [5.74, 6) is 0.627. The van der Waals surface area contributed by atoms with E-state index >= 15 is 0 Å². The van der Waals surface area contributed by atoms with E-state index in [1.54, 1.807) is 19.1 Å². The van der Waals surface area contributed by atoms with Gasteiger partial charge in [-0.2, -0.15) is 0 Å². The Labute approximate surface area is 147 Å². The van der Waals surface area contributed by atoms with Gasteiger partial charge in [0.15, 0.2) is 5.76 Å². The summed E-state index contributed by atoms with van der Waals surface area (Å²) in [4.78, 5) is 14.2. The number of nitrogens with one attached hydrogen (secondary N) is 1. The van der Waals surface area contributed by atoms with E-state index in [0.717, 1.165) is 18.7 Å². The van der Waals surface area contributed by atoms with Gasteiger partial charge in [0.25, 0.3) is 0 Å². The predicted octanol–water partition coefficient (Wildman–Crippen LogP) is 1.86. The largest absolute Gasteiger partial charge is 0.872 e. The number of allylic oxidation sites excluding steroid dienone is 1. The van der Waals surface area contributed by atoms with E-state index in [9.17, 15) is 9.90 Å². The first-order valence-corrected chi connectivity index (χ1v) is 8.80. The fraction of sp³-hybridized carbons (Fsp3) is 0.286. The van der Waals surface area contributed by atoms with Crippen LogP contribution in [-0.4, -0.2) is 18.9 Å². The Hall–Kier alpha value is -2.59. The van der Waals surface area contributed by atoms with Crippen LogP contribution in [0.15, 0.2) is 42.2 Å². The zero-order chi connectivity index (χ0) is 17.4. The second-order valence-electron chi connectivity index (χ2n) is 6.86. The summed E-state index contributed by atoms with van der Waals surface area (Å²) in [5, 5.41) is 12.5. The van der Waals surface area contributed by atoms with Crippen LogP contribution in [0.3, 0.4) is 0 Å².